The van der Waals surface area contributed by atoms with Crippen LogP contribution in [0.15, 0.2) is 71.5 Å². The number of nitrogens with one attached hydrogen (secondary N) is 1. The summed E-state index contributed by atoms with van der Waals surface area (Å²) < 4.78 is 0. The fourth-order valence-corrected chi connectivity index (χ4v) is 5.38. The van der Waals surface area contributed by atoms with Gasteiger partial charge < -0.3 is 9.88 Å². The van der Waals surface area contributed by atoms with Crippen molar-refractivity contribution in [2.75, 3.05) is 19.6 Å². The first-order valence-corrected chi connectivity index (χ1v) is 12.5. The smallest absolute Gasteiger partial charge is 0.259 e. The quantitative estimate of drug-likeness (QED) is 0.365. The predicted molar refractivity (Wildman–Crippen MR) is 141 cm³/mol. The molecule has 0 spiro atoms. The van der Waals surface area contributed by atoms with Gasteiger partial charge in [-0.3, -0.25) is 4.79 Å². The Kier molecular flexibility index (Phi) is 6.53. The van der Waals surface area contributed by atoms with E-state index >= 15 is 0 Å². The van der Waals surface area contributed by atoms with Crippen molar-refractivity contribution >= 4 is 22.5 Å². The Bertz CT molecular complexity index is 1340. The highest BCUT2D eigenvalue weighted by molar-refractivity contribution is 6.30. The molecule has 0 amide bonds. The number of halogens is 1. The lowest BCUT2D eigenvalue weighted by molar-refractivity contribution is 0.171. The van der Waals surface area contributed by atoms with Crippen molar-refractivity contribution in [3.05, 3.63) is 98.8 Å². The van der Waals surface area contributed by atoms with Gasteiger partial charge in [-0.1, -0.05) is 66.6 Å². The maximum Gasteiger partial charge on any atom is 0.259 e. The van der Waals surface area contributed by atoms with Crippen molar-refractivity contribution in [2.45, 2.75) is 32.6 Å². The van der Waals surface area contributed by atoms with E-state index in [0.717, 1.165) is 41.3 Å². The zero-order valence-corrected chi connectivity index (χ0v) is 20.5. The van der Waals surface area contributed by atoms with Gasteiger partial charge in [0, 0.05) is 23.0 Å². The Labute approximate surface area is 205 Å². The molecule has 0 aliphatic carbocycles. The number of hydrogen-bond acceptors (Lipinski definition) is 3. The molecule has 1 aliphatic rings. The summed E-state index contributed by atoms with van der Waals surface area (Å²) in [5, 5.41) is 1.37. The van der Waals surface area contributed by atoms with Gasteiger partial charge in [-0.15, -0.1) is 0 Å². The van der Waals surface area contributed by atoms with Crippen LogP contribution < -0.4 is 5.56 Å². The second kappa shape index (κ2) is 9.73. The minimum Gasteiger partial charge on any atom is -0.306 e. The van der Waals surface area contributed by atoms with E-state index in [1.165, 1.54) is 24.0 Å². The normalized spacial score (nSPS) is 17.7. The Morgan fingerprint density at radius 2 is 1.79 bits per heavy atom. The summed E-state index contributed by atoms with van der Waals surface area (Å²) in [5.74, 6) is 1.28. The minimum atomic E-state index is -0.101. The minimum absolute atomic E-state index is 0.101. The number of nitrogens with zero attached hydrogens (tertiary/aromatic N) is 2. The number of likely N-dealkylation sites (tertiary alicyclic amines) is 1. The lowest BCUT2D eigenvalue weighted by Gasteiger charge is -2.37. The van der Waals surface area contributed by atoms with Gasteiger partial charge in [0.25, 0.3) is 5.56 Å². The number of hydrogen-bond donors (Lipinski definition) is 1. The average molecular weight is 472 g/mol. The lowest BCUT2D eigenvalue weighted by Crippen LogP contribution is -2.37. The van der Waals surface area contributed by atoms with Crippen LogP contribution in [0.3, 0.4) is 0 Å². The van der Waals surface area contributed by atoms with Crippen LogP contribution >= 0.6 is 11.6 Å². The highest BCUT2D eigenvalue weighted by atomic mass is 35.5. The van der Waals surface area contributed by atoms with Gasteiger partial charge in [-0.2, -0.15) is 0 Å². The number of H-pyrrole nitrogens is 1. The summed E-state index contributed by atoms with van der Waals surface area (Å²) in [6, 6.07) is 22.4. The fourth-order valence-electron chi connectivity index (χ4n) is 5.26. The third-order valence-corrected chi connectivity index (χ3v) is 7.36. The maximum absolute atomic E-state index is 13.1. The van der Waals surface area contributed by atoms with Crippen LogP contribution in [0, 0.1) is 12.8 Å². The van der Waals surface area contributed by atoms with E-state index in [9.17, 15) is 4.79 Å². The molecule has 4 aromatic rings. The third-order valence-electron chi connectivity index (χ3n) is 7.10. The van der Waals surface area contributed by atoms with Gasteiger partial charge in [0.15, 0.2) is 0 Å². The Hall–Kier alpha value is -2.95. The number of aromatic nitrogens is 2. The van der Waals surface area contributed by atoms with E-state index in [0.29, 0.717) is 17.1 Å². The lowest BCUT2D eigenvalue weighted by atomic mass is 9.76. The summed E-state index contributed by atoms with van der Waals surface area (Å²) in [7, 11) is 0. The van der Waals surface area contributed by atoms with Gasteiger partial charge in [0.2, 0.25) is 0 Å². The van der Waals surface area contributed by atoms with Crippen LogP contribution in [0.25, 0.3) is 22.3 Å². The molecular formula is C29H30ClN3O. The molecule has 4 nitrogen and oxygen atoms in total. The van der Waals surface area contributed by atoms with E-state index in [-0.39, 0.29) is 11.5 Å². The predicted octanol–water partition coefficient (Wildman–Crippen LogP) is 6.42. The molecule has 0 saturated carbocycles. The molecule has 1 N–H and O–H groups in total. The Balaban J connectivity index is 1.58. The summed E-state index contributed by atoms with van der Waals surface area (Å²) in [5.41, 5.74) is 5.11. The second-order valence-corrected chi connectivity index (χ2v) is 9.82. The number of benzene rings is 3. The molecule has 34 heavy (non-hydrogen) atoms. The molecular weight excluding hydrogens is 442 g/mol. The van der Waals surface area contributed by atoms with Crippen LogP contribution in [0.2, 0.25) is 5.02 Å². The number of rotatable bonds is 5. The van der Waals surface area contributed by atoms with Crippen molar-refractivity contribution in [3.8, 4) is 11.4 Å². The van der Waals surface area contributed by atoms with Crippen LogP contribution in [0.1, 0.15) is 42.4 Å². The standard InChI is InChI=1S/C29H30ClN3O/c1-3-33-16-4-5-23(18-33)27(20-10-13-24(30)14-11-20)22-12-15-26-25(17-22)29(34)32-28(31-26)21-8-6-19(2)7-9-21/h6-15,17,23,27H,3-5,16,18H2,1-2H3,(H,31,32,34)/t23-,27?/m0/s1. The van der Waals surface area contributed by atoms with Crippen LogP contribution in [-0.2, 0) is 0 Å². The van der Waals surface area contributed by atoms with Gasteiger partial charge >= 0.3 is 0 Å². The van der Waals surface area contributed by atoms with Gasteiger partial charge in [0.1, 0.15) is 5.82 Å². The SMILES string of the molecule is CCN1CCC[C@H](C(c2ccc(Cl)cc2)c2ccc3nc(-c4ccc(C)cc4)[nH]c(=O)c3c2)C1. The topological polar surface area (TPSA) is 49.0 Å². The van der Waals surface area contributed by atoms with Crippen LogP contribution in [0.4, 0.5) is 0 Å². The van der Waals surface area contributed by atoms with Crippen LogP contribution in [-0.4, -0.2) is 34.5 Å². The molecule has 0 radical (unpaired) electrons. The molecule has 2 heterocycles. The molecule has 1 unspecified atom stereocenters. The van der Waals surface area contributed by atoms with E-state index in [1.807, 2.05) is 55.5 Å². The second-order valence-electron chi connectivity index (χ2n) is 9.38. The molecule has 1 saturated heterocycles. The van der Waals surface area contributed by atoms with Crippen molar-refractivity contribution < 1.29 is 0 Å². The molecule has 1 aromatic heterocycles. The highest BCUT2D eigenvalue weighted by Crippen LogP contribution is 2.38. The van der Waals surface area contributed by atoms with Crippen molar-refractivity contribution in [3.63, 3.8) is 0 Å². The fraction of sp³-hybridized carbons (Fsp3) is 0.310. The van der Waals surface area contributed by atoms with Crippen LogP contribution in [0.5, 0.6) is 0 Å². The van der Waals surface area contributed by atoms with Gasteiger partial charge in [-0.05, 0) is 74.2 Å². The Morgan fingerprint density at radius 1 is 1.06 bits per heavy atom. The van der Waals surface area contributed by atoms with E-state index < -0.39 is 0 Å². The number of piperidine rings is 1. The molecule has 3 aromatic carbocycles. The molecule has 1 fully saturated rings. The summed E-state index contributed by atoms with van der Waals surface area (Å²) >= 11 is 6.20. The first-order chi connectivity index (χ1) is 16.5. The number of aromatic amines is 1. The summed E-state index contributed by atoms with van der Waals surface area (Å²) in [4.78, 5) is 23.5. The molecule has 5 heteroatoms. The van der Waals surface area contributed by atoms with E-state index in [2.05, 4.69) is 35.0 Å². The van der Waals surface area contributed by atoms with Gasteiger partial charge in [-0.25, -0.2) is 4.98 Å². The molecule has 2 atom stereocenters. The first-order valence-electron chi connectivity index (χ1n) is 12.1. The highest BCUT2D eigenvalue weighted by Gasteiger charge is 2.29. The zero-order chi connectivity index (χ0) is 23.7. The number of fused-ring (bicyclic) bond motifs is 1. The monoisotopic (exact) mass is 471 g/mol. The van der Waals surface area contributed by atoms with Crippen molar-refractivity contribution in [1.82, 2.24) is 14.9 Å². The summed E-state index contributed by atoms with van der Waals surface area (Å²) in [6.45, 7) is 7.55. The van der Waals surface area contributed by atoms with Crippen molar-refractivity contribution in [1.29, 1.82) is 0 Å². The van der Waals surface area contributed by atoms with E-state index in [4.69, 9.17) is 16.6 Å². The van der Waals surface area contributed by atoms with E-state index in [1.54, 1.807) is 0 Å². The maximum atomic E-state index is 13.1. The largest absolute Gasteiger partial charge is 0.306 e. The zero-order valence-electron chi connectivity index (χ0n) is 19.7. The first kappa shape index (κ1) is 22.8. The average Bonchev–Trinajstić information content (AvgIpc) is 2.86. The van der Waals surface area contributed by atoms with Crippen molar-refractivity contribution in [2.24, 2.45) is 5.92 Å². The Morgan fingerprint density at radius 3 is 2.53 bits per heavy atom. The summed E-state index contributed by atoms with van der Waals surface area (Å²) in [6.07, 6.45) is 2.36. The molecule has 174 valence electrons. The molecule has 5 rings (SSSR count). The molecule has 1 aliphatic heterocycles. The number of aryl methyl sites for hydroxylation is 1. The molecule has 0 bridgehead atoms. The van der Waals surface area contributed by atoms with Gasteiger partial charge in [0.05, 0.1) is 10.9 Å². The third kappa shape index (κ3) is 4.66.